The normalized spacial score (nSPS) is 15.1. The van der Waals surface area contributed by atoms with Crippen molar-refractivity contribution in [3.05, 3.63) is 134 Å². The minimum atomic E-state index is -4.55. The van der Waals surface area contributed by atoms with Crippen LogP contribution in [0.3, 0.4) is 0 Å². The summed E-state index contributed by atoms with van der Waals surface area (Å²) in [4.78, 5) is 22.6. The average molecular weight is 883 g/mol. The molecular formula is C52H83O9P. The fourth-order valence-corrected chi connectivity index (χ4v) is 6.17. The van der Waals surface area contributed by atoms with Gasteiger partial charge < -0.3 is 24.6 Å². The zero-order chi connectivity index (χ0) is 45.3. The Hall–Kier alpha value is -3.40. The zero-order valence-electron chi connectivity index (χ0n) is 38.3. The minimum absolute atomic E-state index is 0.00159. The topological polar surface area (TPSA) is 132 Å². The van der Waals surface area contributed by atoms with Crippen LogP contribution in [0.5, 0.6) is 0 Å². The van der Waals surface area contributed by atoms with Crippen LogP contribution in [0.1, 0.15) is 142 Å². The molecule has 3 unspecified atom stereocenters. The van der Waals surface area contributed by atoms with E-state index in [-0.39, 0.29) is 13.0 Å². The number of aliphatic hydroxyl groups excluding tert-OH is 2. The molecule has 0 saturated carbocycles. The maximum Gasteiger partial charge on any atom is 0.472 e. The number of allylic oxidation sites excluding steroid dienone is 22. The summed E-state index contributed by atoms with van der Waals surface area (Å²) in [6, 6.07) is 0. The van der Waals surface area contributed by atoms with Crippen molar-refractivity contribution in [2.24, 2.45) is 0 Å². The lowest BCUT2D eigenvalue weighted by atomic mass is 10.1. The Labute approximate surface area is 376 Å². The predicted octanol–water partition coefficient (Wildman–Crippen LogP) is 13.4. The highest BCUT2D eigenvalue weighted by Gasteiger charge is 2.26. The highest BCUT2D eigenvalue weighted by atomic mass is 31.2. The molecule has 10 heteroatoms. The summed E-state index contributed by atoms with van der Waals surface area (Å²) in [5.74, 6) is -0.428. The molecule has 3 N–H and O–H groups in total. The molecule has 0 fully saturated rings. The maximum absolute atomic E-state index is 12.6. The van der Waals surface area contributed by atoms with Crippen LogP contribution in [0.4, 0.5) is 0 Å². The summed E-state index contributed by atoms with van der Waals surface area (Å²) in [6.07, 6.45) is 64.2. The fourth-order valence-electron chi connectivity index (χ4n) is 5.38. The van der Waals surface area contributed by atoms with Gasteiger partial charge in [0.05, 0.1) is 26.4 Å². The molecule has 0 aliphatic rings. The van der Waals surface area contributed by atoms with Gasteiger partial charge in [0.25, 0.3) is 0 Å². The Kier molecular flexibility index (Phi) is 44.5. The lowest BCUT2D eigenvalue weighted by molar-refractivity contribution is -0.154. The number of ether oxygens (including phenoxy) is 2. The average Bonchev–Trinajstić information content (AvgIpc) is 3.26. The molecule has 0 amide bonds. The summed E-state index contributed by atoms with van der Waals surface area (Å²) in [5.41, 5.74) is 0. The van der Waals surface area contributed by atoms with Crippen molar-refractivity contribution in [2.75, 3.05) is 33.0 Å². The molecule has 0 aliphatic heterocycles. The molecule has 0 aliphatic carbocycles. The van der Waals surface area contributed by atoms with E-state index in [2.05, 4.69) is 148 Å². The van der Waals surface area contributed by atoms with Crippen LogP contribution in [-0.2, 0) is 27.9 Å². The molecule has 0 spiro atoms. The molecule has 0 aromatic carbocycles. The number of phosphoric acid groups is 1. The van der Waals surface area contributed by atoms with Crippen LogP contribution in [-0.4, -0.2) is 66.3 Å². The number of phosphoric ester groups is 1. The molecule has 0 aromatic rings. The lowest BCUT2D eigenvalue weighted by Crippen LogP contribution is -2.29. The van der Waals surface area contributed by atoms with Crippen LogP contribution in [0.15, 0.2) is 134 Å². The third-order valence-electron chi connectivity index (χ3n) is 8.83. The largest absolute Gasteiger partial charge is 0.472 e. The van der Waals surface area contributed by atoms with E-state index in [4.69, 9.17) is 23.6 Å². The van der Waals surface area contributed by atoms with Gasteiger partial charge >= 0.3 is 13.8 Å². The van der Waals surface area contributed by atoms with E-state index >= 15 is 0 Å². The maximum atomic E-state index is 12.6. The third-order valence-corrected chi connectivity index (χ3v) is 9.78. The van der Waals surface area contributed by atoms with Crippen LogP contribution >= 0.6 is 7.82 Å². The predicted molar refractivity (Wildman–Crippen MR) is 260 cm³/mol. The Bertz CT molecular complexity index is 1420. The Balaban J connectivity index is 4.31. The summed E-state index contributed by atoms with van der Waals surface area (Å²) < 4.78 is 33.3. The second kappa shape index (κ2) is 47.1. The quantitative estimate of drug-likeness (QED) is 0.0237. The number of unbranched alkanes of at least 4 members (excludes halogenated alkanes) is 6. The molecule has 0 radical (unpaired) electrons. The molecule has 62 heavy (non-hydrogen) atoms. The van der Waals surface area contributed by atoms with Gasteiger partial charge in [-0.05, 0) is 109 Å². The second-order valence-electron chi connectivity index (χ2n) is 14.7. The van der Waals surface area contributed by atoms with Crippen molar-refractivity contribution >= 4 is 13.8 Å². The minimum Gasteiger partial charge on any atom is -0.457 e. The van der Waals surface area contributed by atoms with Gasteiger partial charge in [0.15, 0.2) is 0 Å². The molecule has 0 aromatic heterocycles. The van der Waals surface area contributed by atoms with Gasteiger partial charge in [-0.2, -0.15) is 0 Å². The van der Waals surface area contributed by atoms with E-state index in [1.807, 2.05) is 0 Å². The van der Waals surface area contributed by atoms with E-state index in [0.29, 0.717) is 13.0 Å². The van der Waals surface area contributed by atoms with Crippen molar-refractivity contribution in [2.45, 2.75) is 154 Å². The lowest BCUT2D eigenvalue weighted by Gasteiger charge is -2.20. The number of esters is 1. The van der Waals surface area contributed by atoms with Crippen LogP contribution in [0.2, 0.25) is 0 Å². The molecule has 0 rings (SSSR count). The number of rotatable bonds is 42. The van der Waals surface area contributed by atoms with E-state index in [1.165, 1.54) is 0 Å². The first kappa shape index (κ1) is 58.6. The van der Waals surface area contributed by atoms with Gasteiger partial charge in [0.2, 0.25) is 0 Å². The second-order valence-corrected chi connectivity index (χ2v) is 16.1. The van der Waals surface area contributed by atoms with E-state index in [1.54, 1.807) is 0 Å². The van der Waals surface area contributed by atoms with Gasteiger partial charge in [0.1, 0.15) is 12.2 Å². The number of aliphatic hydroxyl groups is 2. The van der Waals surface area contributed by atoms with Crippen molar-refractivity contribution in [3.8, 4) is 0 Å². The van der Waals surface area contributed by atoms with Crippen molar-refractivity contribution in [1.82, 2.24) is 0 Å². The summed E-state index contributed by atoms with van der Waals surface area (Å²) in [7, 11) is -4.55. The van der Waals surface area contributed by atoms with Gasteiger partial charge in [0, 0.05) is 13.0 Å². The molecule has 0 heterocycles. The third kappa shape index (κ3) is 46.1. The van der Waals surface area contributed by atoms with Gasteiger partial charge in [-0.25, -0.2) is 4.57 Å². The first-order chi connectivity index (χ1) is 30.3. The van der Waals surface area contributed by atoms with Gasteiger partial charge in [-0.15, -0.1) is 0 Å². The molecule has 350 valence electrons. The summed E-state index contributed by atoms with van der Waals surface area (Å²) >= 11 is 0. The van der Waals surface area contributed by atoms with E-state index in [0.717, 1.165) is 116 Å². The summed E-state index contributed by atoms with van der Waals surface area (Å²) in [5, 5.41) is 18.4. The highest BCUT2D eigenvalue weighted by Crippen LogP contribution is 2.43. The van der Waals surface area contributed by atoms with Crippen molar-refractivity contribution in [3.63, 3.8) is 0 Å². The number of hydrogen-bond donors (Lipinski definition) is 3. The number of carbonyl (C=O) groups is 1. The van der Waals surface area contributed by atoms with E-state index < -0.39 is 45.8 Å². The SMILES string of the molecule is CC/C=C\C/C=C\C/C=C\C/C=C\C/C=C\C/C=C\C/C=C\CCCCOCC(COP(=O)(O)OCC(O)CO)OC(=O)CCCCCC/C=C\C/C=C\C/C=C\C/C=C\CC. The smallest absolute Gasteiger partial charge is 0.457 e. The van der Waals surface area contributed by atoms with Crippen LogP contribution in [0.25, 0.3) is 0 Å². The fraction of sp³-hybridized carbons (Fsp3) is 0.558. The van der Waals surface area contributed by atoms with Gasteiger partial charge in [-0.3, -0.25) is 13.8 Å². The highest BCUT2D eigenvalue weighted by molar-refractivity contribution is 7.47. The van der Waals surface area contributed by atoms with E-state index in [9.17, 15) is 19.4 Å². The van der Waals surface area contributed by atoms with Crippen molar-refractivity contribution < 1.29 is 43.0 Å². The summed E-state index contributed by atoms with van der Waals surface area (Å²) in [6.45, 7) is 3.10. The molecule has 0 saturated heterocycles. The standard InChI is InChI=1S/C52H83O9P/c1-3-5-7-9-11-13-15-17-19-21-22-23-24-25-26-27-29-31-33-35-37-39-41-43-45-58-48-51(49-60-62(56,57)59-47-50(54)46-53)61-52(55)44-42-40-38-36-34-32-30-28-20-18-16-14-12-10-8-6-4-2/h5-8,11-14,17-20,22-23,25-26,29-32,35,37,50-51,53-54H,3-4,9-10,15-16,21,24,27-28,33-34,36,38-49H2,1-2H3,(H,56,57)/b7-5-,8-6-,13-11-,14-12-,19-17-,20-18-,23-22-,26-25-,31-29-,32-30-,37-35-. The molecule has 0 bridgehead atoms. The Morgan fingerprint density at radius 2 is 0.871 bits per heavy atom. The zero-order valence-corrected chi connectivity index (χ0v) is 39.2. The first-order valence-electron chi connectivity index (χ1n) is 23.2. The molecular weight excluding hydrogens is 800 g/mol. The van der Waals surface area contributed by atoms with Crippen LogP contribution < -0.4 is 0 Å². The van der Waals surface area contributed by atoms with Crippen molar-refractivity contribution in [1.29, 1.82) is 0 Å². The monoisotopic (exact) mass is 883 g/mol. The van der Waals surface area contributed by atoms with Gasteiger partial charge in [-0.1, -0.05) is 160 Å². The molecule has 3 atom stereocenters. The first-order valence-corrected chi connectivity index (χ1v) is 24.7. The van der Waals surface area contributed by atoms with Crippen LogP contribution in [0, 0.1) is 0 Å². The Morgan fingerprint density at radius 1 is 0.500 bits per heavy atom. The number of carbonyl (C=O) groups excluding carboxylic acids is 1. The Morgan fingerprint density at radius 3 is 1.29 bits per heavy atom. The molecule has 9 nitrogen and oxygen atoms in total. The number of hydrogen-bond acceptors (Lipinski definition) is 8.